The van der Waals surface area contributed by atoms with Gasteiger partial charge in [-0.2, -0.15) is 5.10 Å². The third kappa shape index (κ3) is 1.93. The topological polar surface area (TPSA) is 93.3 Å². The number of nitrogens with zero attached hydrogens (tertiary/aromatic N) is 4. The summed E-state index contributed by atoms with van der Waals surface area (Å²) < 4.78 is 7.79. The van der Waals surface area contributed by atoms with E-state index in [1.165, 1.54) is 5.12 Å². The number of nitrogens with two attached hydrogens (primary N) is 1. The van der Waals surface area contributed by atoms with Gasteiger partial charge in [0.2, 0.25) is 0 Å². The molecule has 0 fully saturated rings. The Labute approximate surface area is 126 Å². The van der Waals surface area contributed by atoms with E-state index < -0.39 is 0 Å². The van der Waals surface area contributed by atoms with Crippen molar-refractivity contribution in [1.82, 2.24) is 20.3 Å². The Kier molecular flexibility index (Phi) is 2.84. The smallest absolute Gasteiger partial charge is 0.172 e. The highest BCUT2D eigenvalue weighted by molar-refractivity contribution is 5.82. The molecular weight excluding hydrogens is 282 g/mol. The molecule has 0 amide bonds. The van der Waals surface area contributed by atoms with E-state index >= 15 is 0 Å². The van der Waals surface area contributed by atoms with Crippen LogP contribution in [0.1, 0.15) is 5.56 Å². The van der Waals surface area contributed by atoms with Crippen LogP contribution in [0.15, 0.2) is 36.7 Å². The number of nitrogens with one attached hydrogen (secondary N) is 2. The number of aryl methyl sites for hydroxylation is 1. The second-order valence-corrected chi connectivity index (χ2v) is 5.02. The predicted octanol–water partition coefficient (Wildman–Crippen LogP) is 1.07. The van der Waals surface area contributed by atoms with Crippen LogP contribution >= 0.6 is 0 Å². The van der Waals surface area contributed by atoms with Gasteiger partial charge < -0.3 is 4.74 Å². The Bertz CT molecular complexity index is 844. The number of hydrazine groups is 3. The Balaban J connectivity index is 1.64. The van der Waals surface area contributed by atoms with Gasteiger partial charge in [0, 0.05) is 30.3 Å². The molecule has 112 valence electrons. The van der Waals surface area contributed by atoms with Crippen molar-refractivity contribution in [3.8, 4) is 5.75 Å². The fraction of sp³-hybridized carbons (Fsp3) is 0.143. The lowest BCUT2D eigenvalue weighted by Gasteiger charge is -2.14. The number of rotatable bonds is 3. The second kappa shape index (κ2) is 4.86. The van der Waals surface area contributed by atoms with Crippen LogP contribution in [0.4, 0.5) is 11.5 Å². The number of hydrogen-bond donors (Lipinski definition) is 3. The number of aromatic nitrogens is 3. The van der Waals surface area contributed by atoms with Crippen LogP contribution in [-0.4, -0.2) is 14.8 Å². The summed E-state index contributed by atoms with van der Waals surface area (Å²) in [7, 11) is 1.92. The number of benzene rings is 1. The lowest BCUT2D eigenvalue weighted by molar-refractivity contribution is 0.308. The van der Waals surface area contributed by atoms with Crippen LogP contribution in [0.5, 0.6) is 5.75 Å². The monoisotopic (exact) mass is 297 g/mol. The molecule has 0 spiro atoms. The lowest BCUT2D eigenvalue weighted by Crippen LogP contribution is -2.41. The molecule has 1 aliphatic rings. The number of pyridine rings is 1. The lowest BCUT2D eigenvalue weighted by atomic mass is 10.1. The SMILES string of the molecule is Cn1ncc2c(COc3ccnc4c3N(N)NN4)cccc21. The first-order valence-electron chi connectivity index (χ1n) is 6.82. The van der Waals surface area contributed by atoms with Crippen LogP contribution in [0, 0.1) is 0 Å². The Morgan fingerprint density at radius 2 is 2.23 bits per heavy atom. The summed E-state index contributed by atoms with van der Waals surface area (Å²) in [6, 6.07) is 7.85. The average Bonchev–Trinajstić information content (AvgIpc) is 3.10. The fourth-order valence-corrected chi connectivity index (χ4v) is 2.56. The summed E-state index contributed by atoms with van der Waals surface area (Å²) in [5, 5.41) is 6.71. The Hall–Kier alpha value is -2.84. The molecule has 8 nitrogen and oxygen atoms in total. The number of anilines is 2. The largest absolute Gasteiger partial charge is 0.486 e. The van der Waals surface area contributed by atoms with Gasteiger partial charge in [0.05, 0.1) is 11.7 Å². The van der Waals surface area contributed by atoms with Gasteiger partial charge in [-0.1, -0.05) is 12.1 Å². The summed E-state index contributed by atoms with van der Waals surface area (Å²) in [6.45, 7) is 0.424. The number of ether oxygens (including phenoxy) is 1. The van der Waals surface area contributed by atoms with E-state index in [2.05, 4.69) is 21.0 Å². The molecular formula is C14H15N7O. The van der Waals surface area contributed by atoms with Crippen molar-refractivity contribution in [3.63, 3.8) is 0 Å². The van der Waals surface area contributed by atoms with E-state index in [1.54, 1.807) is 12.3 Å². The summed E-state index contributed by atoms with van der Waals surface area (Å²) in [5.74, 6) is 7.13. The van der Waals surface area contributed by atoms with E-state index in [0.29, 0.717) is 23.9 Å². The van der Waals surface area contributed by atoms with Crippen molar-refractivity contribution < 1.29 is 4.74 Å². The van der Waals surface area contributed by atoms with E-state index in [4.69, 9.17) is 10.6 Å². The van der Waals surface area contributed by atoms with Crippen LogP contribution in [0.25, 0.3) is 10.9 Å². The van der Waals surface area contributed by atoms with Crippen molar-refractivity contribution in [2.45, 2.75) is 6.61 Å². The molecule has 2 aromatic heterocycles. The van der Waals surface area contributed by atoms with Gasteiger partial charge in [-0.25, -0.2) is 15.9 Å². The molecule has 0 atom stereocenters. The molecule has 4 N–H and O–H groups in total. The van der Waals surface area contributed by atoms with Crippen molar-refractivity contribution in [2.75, 3.05) is 10.5 Å². The van der Waals surface area contributed by atoms with Gasteiger partial charge in [-0.3, -0.25) is 10.1 Å². The van der Waals surface area contributed by atoms with Crippen molar-refractivity contribution in [1.29, 1.82) is 0 Å². The Morgan fingerprint density at radius 3 is 3.14 bits per heavy atom. The van der Waals surface area contributed by atoms with Crippen LogP contribution < -0.4 is 26.7 Å². The highest BCUT2D eigenvalue weighted by Gasteiger charge is 2.22. The summed E-state index contributed by atoms with van der Waals surface area (Å²) in [5.41, 5.74) is 8.45. The zero-order valence-corrected chi connectivity index (χ0v) is 11.9. The number of fused-ring (bicyclic) bond motifs is 2. The summed E-state index contributed by atoms with van der Waals surface area (Å²) in [6.07, 6.45) is 3.52. The first-order valence-corrected chi connectivity index (χ1v) is 6.82. The highest BCUT2D eigenvalue weighted by atomic mass is 16.5. The molecule has 22 heavy (non-hydrogen) atoms. The fourth-order valence-electron chi connectivity index (χ4n) is 2.56. The van der Waals surface area contributed by atoms with E-state index in [9.17, 15) is 0 Å². The maximum Gasteiger partial charge on any atom is 0.172 e. The minimum Gasteiger partial charge on any atom is -0.486 e. The van der Waals surface area contributed by atoms with Crippen molar-refractivity contribution >= 4 is 22.4 Å². The van der Waals surface area contributed by atoms with Crippen LogP contribution in [0.3, 0.4) is 0 Å². The van der Waals surface area contributed by atoms with Gasteiger partial charge >= 0.3 is 0 Å². The molecule has 0 radical (unpaired) electrons. The standard InChI is InChI=1S/C14H15N7O/c1-20-11-4-2-3-9(10(11)7-17-20)8-22-12-5-6-16-14-13(12)21(15)19-18-14/h2-7,19H,8,15H2,1H3,(H,16,18). The maximum absolute atomic E-state index is 5.94. The zero-order chi connectivity index (χ0) is 15.1. The third-order valence-corrected chi connectivity index (χ3v) is 3.69. The average molecular weight is 297 g/mol. The normalized spacial score (nSPS) is 13.3. The first kappa shape index (κ1) is 12.9. The second-order valence-electron chi connectivity index (χ2n) is 5.02. The molecule has 0 saturated heterocycles. The molecule has 8 heteroatoms. The molecule has 3 heterocycles. The minimum absolute atomic E-state index is 0.424. The zero-order valence-electron chi connectivity index (χ0n) is 11.9. The molecule has 0 saturated carbocycles. The van der Waals surface area contributed by atoms with E-state index in [0.717, 1.165) is 16.5 Å². The molecule has 0 aliphatic carbocycles. The van der Waals surface area contributed by atoms with Gasteiger partial charge in [0.25, 0.3) is 0 Å². The molecule has 1 aromatic carbocycles. The van der Waals surface area contributed by atoms with Crippen LogP contribution in [0.2, 0.25) is 0 Å². The van der Waals surface area contributed by atoms with Crippen molar-refractivity contribution in [3.05, 3.63) is 42.2 Å². The van der Waals surface area contributed by atoms with E-state index in [1.807, 2.05) is 36.1 Å². The minimum atomic E-state index is 0.424. The maximum atomic E-state index is 5.94. The molecule has 0 unspecified atom stereocenters. The van der Waals surface area contributed by atoms with Gasteiger partial charge in [-0.15, -0.1) is 5.53 Å². The van der Waals surface area contributed by atoms with Gasteiger partial charge in [-0.05, 0) is 6.07 Å². The Morgan fingerprint density at radius 1 is 1.32 bits per heavy atom. The molecule has 0 bridgehead atoms. The number of hydrogen-bond acceptors (Lipinski definition) is 7. The first-order chi connectivity index (χ1) is 10.7. The molecule has 3 aromatic rings. The van der Waals surface area contributed by atoms with Crippen molar-refractivity contribution in [2.24, 2.45) is 12.9 Å². The third-order valence-electron chi connectivity index (χ3n) is 3.69. The highest BCUT2D eigenvalue weighted by Crippen LogP contribution is 2.35. The summed E-state index contributed by atoms with van der Waals surface area (Å²) >= 11 is 0. The molecule has 1 aliphatic heterocycles. The quantitative estimate of drug-likeness (QED) is 0.623. The summed E-state index contributed by atoms with van der Waals surface area (Å²) in [4.78, 5) is 4.19. The van der Waals surface area contributed by atoms with Gasteiger partial charge in [0.15, 0.2) is 17.3 Å². The van der Waals surface area contributed by atoms with E-state index in [-0.39, 0.29) is 0 Å². The molecule has 4 rings (SSSR count). The predicted molar refractivity (Wildman–Crippen MR) is 82.7 cm³/mol. The van der Waals surface area contributed by atoms with Crippen LogP contribution in [-0.2, 0) is 13.7 Å². The van der Waals surface area contributed by atoms with Gasteiger partial charge in [0.1, 0.15) is 6.61 Å².